The predicted molar refractivity (Wildman–Crippen MR) is 55.0 cm³/mol. The van der Waals surface area contributed by atoms with E-state index >= 15 is 0 Å². The van der Waals surface area contributed by atoms with Crippen molar-refractivity contribution >= 4 is 11.7 Å². The molecule has 0 saturated heterocycles. The van der Waals surface area contributed by atoms with Gasteiger partial charge < -0.3 is 10.6 Å². The Morgan fingerprint density at radius 3 is 2.64 bits per heavy atom. The highest BCUT2D eigenvalue weighted by Gasteiger charge is 2.25. The van der Waals surface area contributed by atoms with Crippen molar-refractivity contribution in [2.75, 3.05) is 12.4 Å². The average Bonchev–Trinajstić information content (AvgIpc) is 2.52. The monoisotopic (exact) mass is 196 g/mol. The molecule has 0 aromatic carbocycles. The van der Waals surface area contributed by atoms with Gasteiger partial charge in [-0.3, -0.25) is 9.48 Å². The second-order valence-corrected chi connectivity index (χ2v) is 3.67. The summed E-state index contributed by atoms with van der Waals surface area (Å²) in [5.74, 6) is 0.613. The van der Waals surface area contributed by atoms with Gasteiger partial charge in [0.25, 0.3) is 0 Å². The third-order valence-corrected chi connectivity index (χ3v) is 2.26. The minimum Gasteiger partial charge on any atom is -0.309 e. The van der Waals surface area contributed by atoms with Crippen LogP contribution in [-0.4, -0.2) is 28.3 Å². The van der Waals surface area contributed by atoms with E-state index in [1.165, 1.54) is 0 Å². The fourth-order valence-electron chi connectivity index (χ4n) is 0.883. The molecular formula is C9H16N4O. The number of carbonyl (C=O) groups excluding carboxylic acids is 1. The van der Waals surface area contributed by atoms with Gasteiger partial charge in [-0.05, 0) is 20.9 Å². The molecule has 0 aliphatic heterocycles. The first-order valence-corrected chi connectivity index (χ1v) is 4.46. The molecule has 0 fully saturated rings. The number of aromatic nitrogens is 2. The molecule has 0 spiro atoms. The highest BCUT2D eigenvalue weighted by molar-refractivity contribution is 5.96. The summed E-state index contributed by atoms with van der Waals surface area (Å²) in [6.45, 7) is 3.64. The van der Waals surface area contributed by atoms with Crippen LogP contribution < -0.4 is 10.6 Å². The zero-order chi connectivity index (χ0) is 10.8. The molecule has 0 aliphatic carbocycles. The lowest BCUT2D eigenvalue weighted by Gasteiger charge is -2.22. The predicted octanol–water partition coefficient (Wildman–Crippen LogP) is 0.357. The van der Waals surface area contributed by atoms with Gasteiger partial charge in [0.2, 0.25) is 5.91 Å². The van der Waals surface area contributed by atoms with Crippen molar-refractivity contribution in [1.29, 1.82) is 0 Å². The van der Waals surface area contributed by atoms with Gasteiger partial charge in [0, 0.05) is 13.1 Å². The van der Waals surface area contributed by atoms with Crippen molar-refractivity contribution in [1.82, 2.24) is 15.1 Å². The van der Waals surface area contributed by atoms with Crippen molar-refractivity contribution in [2.45, 2.75) is 19.4 Å². The lowest BCUT2D eigenvalue weighted by Crippen LogP contribution is -2.48. The van der Waals surface area contributed by atoms with Crippen LogP contribution in [0.1, 0.15) is 13.8 Å². The van der Waals surface area contributed by atoms with Gasteiger partial charge in [0.15, 0.2) is 0 Å². The molecule has 0 atom stereocenters. The van der Waals surface area contributed by atoms with Crippen molar-refractivity contribution in [3.63, 3.8) is 0 Å². The lowest BCUT2D eigenvalue weighted by molar-refractivity contribution is -0.121. The molecule has 2 N–H and O–H groups in total. The number of nitrogens with one attached hydrogen (secondary N) is 2. The van der Waals surface area contributed by atoms with E-state index in [4.69, 9.17) is 0 Å². The van der Waals surface area contributed by atoms with Gasteiger partial charge in [0.1, 0.15) is 5.82 Å². The Bertz CT molecular complexity index is 329. The van der Waals surface area contributed by atoms with Gasteiger partial charge in [-0.1, -0.05) is 0 Å². The third kappa shape index (κ3) is 2.11. The zero-order valence-electron chi connectivity index (χ0n) is 8.96. The smallest absolute Gasteiger partial charge is 0.245 e. The van der Waals surface area contributed by atoms with E-state index in [1.54, 1.807) is 31.0 Å². The van der Waals surface area contributed by atoms with E-state index in [9.17, 15) is 4.79 Å². The summed E-state index contributed by atoms with van der Waals surface area (Å²) in [6.07, 6.45) is 1.64. The maximum Gasteiger partial charge on any atom is 0.245 e. The van der Waals surface area contributed by atoms with Crippen LogP contribution in [0.2, 0.25) is 0 Å². The summed E-state index contributed by atoms with van der Waals surface area (Å²) in [7, 11) is 3.53. The normalized spacial score (nSPS) is 11.4. The van der Waals surface area contributed by atoms with Crippen molar-refractivity contribution in [2.24, 2.45) is 7.05 Å². The SMILES string of the molecule is CNC(C)(C)C(=O)Nc1ccnn1C. The minimum atomic E-state index is -0.579. The van der Waals surface area contributed by atoms with Crippen molar-refractivity contribution in [3.8, 4) is 0 Å². The fraction of sp³-hybridized carbons (Fsp3) is 0.556. The van der Waals surface area contributed by atoms with Crippen LogP contribution in [0.4, 0.5) is 5.82 Å². The number of hydrogen-bond acceptors (Lipinski definition) is 3. The number of amides is 1. The Morgan fingerprint density at radius 1 is 1.57 bits per heavy atom. The van der Waals surface area contributed by atoms with E-state index in [0.717, 1.165) is 0 Å². The van der Waals surface area contributed by atoms with Crippen LogP contribution in [-0.2, 0) is 11.8 Å². The van der Waals surface area contributed by atoms with E-state index in [-0.39, 0.29) is 5.91 Å². The van der Waals surface area contributed by atoms with Crippen LogP contribution >= 0.6 is 0 Å². The average molecular weight is 196 g/mol. The zero-order valence-corrected chi connectivity index (χ0v) is 8.96. The number of likely N-dealkylation sites (N-methyl/N-ethyl adjacent to an activating group) is 1. The topological polar surface area (TPSA) is 59.0 Å². The number of nitrogens with zero attached hydrogens (tertiary/aromatic N) is 2. The largest absolute Gasteiger partial charge is 0.309 e. The van der Waals surface area contributed by atoms with E-state index in [2.05, 4.69) is 15.7 Å². The van der Waals surface area contributed by atoms with E-state index < -0.39 is 5.54 Å². The van der Waals surface area contributed by atoms with Gasteiger partial charge >= 0.3 is 0 Å². The molecule has 0 bridgehead atoms. The molecule has 0 saturated carbocycles. The minimum absolute atomic E-state index is 0.0800. The molecule has 0 aliphatic rings. The van der Waals surface area contributed by atoms with Gasteiger partial charge in [-0.2, -0.15) is 5.10 Å². The van der Waals surface area contributed by atoms with Crippen LogP contribution in [0.5, 0.6) is 0 Å². The maximum atomic E-state index is 11.7. The van der Waals surface area contributed by atoms with Crippen LogP contribution in [0.25, 0.3) is 0 Å². The molecule has 78 valence electrons. The van der Waals surface area contributed by atoms with Gasteiger partial charge in [-0.15, -0.1) is 0 Å². The number of aryl methyl sites for hydroxylation is 1. The van der Waals surface area contributed by atoms with E-state index in [0.29, 0.717) is 5.82 Å². The fourth-order valence-corrected chi connectivity index (χ4v) is 0.883. The Labute approximate surface area is 83.5 Å². The van der Waals surface area contributed by atoms with Crippen LogP contribution in [0.15, 0.2) is 12.3 Å². The molecule has 1 heterocycles. The van der Waals surface area contributed by atoms with Crippen LogP contribution in [0, 0.1) is 0 Å². The lowest BCUT2D eigenvalue weighted by atomic mass is 10.1. The number of rotatable bonds is 3. The summed E-state index contributed by atoms with van der Waals surface area (Å²) in [5, 5.41) is 9.67. The highest BCUT2D eigenvalue weighted by Crippen LogP contribution is 2.08. The molecule has 1 aromatic rings. The maximum absolute atomic E-state index is 11.7. The molecular weight excluding hydrogens is 180 g/mol. The molecule has 1 rings (SSSR count). The Hall–Kier alpha value is -1.36. The summed E-state index contributed by atoms with van der Waals surface area (Å²) >= 11 is 0. The summed E-state index contributed by atoms with van der Waals surface area (Å²) < 4.78 is 1.61. The molecule has 0 radical (unpaired) electrons. The molecule has 1 amide bonds. The highest BCUT2D eigenvalue weighted by atomic mass is 16.2. The molecule has 5 nitrogen and oxygen atoms in total. The Kier molecular flexibility index (Phi) is 2.90. The Morgan fingerprint density at radius 2 is 2.21 bits per heavy atom. The molecule has 5 heteroatoms. The molecule has 14 heavy (non-hydrogen) atoms. The summed E-state index contributed by atoms with van der Waals surface area (Å²) in [5.41, 5.74) is -0.579. The van der Waals surface area contributed by atoms with Crippen molar-refractivity contribution < 1.29 is 4.79 Å². The first-order chi connectivity index (χ1) is 6.47. The van der Waals surface area contributed by atoms with Crippen molar-refractivity contribution in [3.05, 3.63) is 12.3 Å². The van der Waals surface area contributed by atoms with Gasteiger partial charge in [0.05, 0.1) is 11.7 Å². The molecule has 1 aromatic heterocycles. The quantitative estimate of drug-likeness (QED) is 0.733. The first-order valence-electron chi connectivity index (χ1n) is 4.46. The number of carbonyl (C=O) groups is 1. The standard InChI is InChI=1S/C9H16N4O/c1-9(2,10-3)8(14)12-7-5-6-11-13(7)4/h5-6,10H,1-4H3,(H,12,14). The molecule has 0 unspecified atom stereocenters. The van der Waals surface area contributed by atoms with Gasteiger partial charge in [-0.25, -0.2) is 0 Å². The Balaban J connectivity index is 2.71. The summed E-state index contributed by atoms with van der Waals surface area (Å²) in [6, 6.07) is 1.75. The second kappa shape index (κ2) is 3.79. The number of hydrogen-bond donors (Lipinski definition) is 2. The summed E-state index contributed by atoms with van der Waals surface area (Å²) in [4.78, 5) is 11.7. The van der Waals surface area contributed by atoms with Crippen LogP contribution in [0.3, 0.4) is 0 Å². The first kappa shape index (κ1) is 10.7. The second-order valence-electron chi connectivity index (χ2n) is 3.67. The third-order valence-electron chi connectivity index (χ3n) is 2.26. The van der Waals surface area contributed by atoms with E-state index in [1.807, 2.05) is 13.8 Å². The number of anilines is 1.